The molecule has 0 aliphatic carbocycles. The summed E-state index contributed by atoms with van der Waals surface area (Å²) in [5.74, 6) is 0.457. The Morgan fingerprint density at radius 2 is 2.26 bits per heavy atom. The number of aromatic nitrogens is 1. The van der Waals surface area contributed by atoms with Gasteiger partial charge < -0.3 is 14.7 Å². The summed E-state index contributed by atoms with van der Waals surface area (Å²) in [6.45, 7) is 2.90. The van der Waals surface area contributed by atoms with E-state index >= 15 is 0 Å². The fourth-order valence-corrected chi connectivity index (χ4v) is 3.04. The van der Waals surface area contributed by atoms with Gasteiger partial charge in [-0.2, -0.15) is 0 Å². The predicted octanol–water partition coefficient (Wildman–Crippen LogP) is 2.14. The molecule has 1 saturated heterocycles. The lowest BCUT2D eigenvalue weighted by Gasteiger charge is -2.28. The first kappa shape index (κ1) is 14.4. The fourth-order valence-electron chi connectivity index (χ4n) is 1.77. The highest BCUT2D eigenvalue weighted by molar-refractivity contribution is 7.99. The maximum absolute atomic E-state index is 10.5. The van der Waals surface area contributed by atoms with E-state index in [1.807, 2.05) is 6.07 Å². The summed E-state index contributed by atoms with van der Waals surface area (Å²) in [5, 5.41) is 9.24. The fraction of sp³-hybridized carbons (Fsp3) is 0.500. The molecule has 104 valence electrons. The minimum Gasteiger partial charge on any atom is -0.481 e. The minimum atomic E-state index is -0.800. The molecule has 0 atom stereocenters. The Bertz CT molecular complexity index is 453. The molecule has 0 spiro atoms. The van der Waals surface area contributed by atoms with E-state index in [0.717, 1.165) is 23.8 Å². The standard InChI is InChI=1S/C12H15ClN2O3S/c13-11-9(19-8-2-10(16)17)1-3-14-12(11)15-4-6-18-7-5-15/h1,3H,2,4-8H2,(H,16,17). The van der Waals surface area contributed by atoms with Gasteiger partial charge in [-0.05, 0) is 6.07 Å². The van der Waals surface area contributed by atoms with Crippen molar-refractivity contribution < 1.29 is 14.6 Å². The van der Waals surface area contributed by atoms with Crippen molar-refractivity contribution in [2.75, 3.05) is 37.0 Å². The van der Waals surface area contributed by atoms with Crippen LogP contribution < -0.4 is 4.90 Å². The van der Waals surface area contributed by atoms with Crippen LogP contribution in [0.1, 0.15) is 6.42 Å². The molecule has 7 heteroatoms. The number of thioether (sulfide) groups is 1. The average Bonchev–Trinajstić information content (AvgIpc) is 2.41. The third-order valence-electron chi connectivity index (χ3n) is 2.72. The second-order valence-electron chi connectivity index (χ2n) is 4.04. The molecule has 1 N–H and O–H groups in total. The van der Waals surface area contributed by atoms with E-state index in [0.29, 0.717) is 24.0 Å². The van der Waals surface area contributed by atoms with Gasteiger partial charge in [0.1, 0.15) is 5.82 Å². The molecule has 0 saturated carbocycles. The zero-order valence-electron chi connectivity index (χ0n) is 10.3. The summed E-state index contributed by atoms with van der Waals surface area (Å²) < 4.78 is 5.30. The van der Waals surface area contributed by atoms with E-state index in [1.54, 1.807) is 6.20 Å². The number of rotatable bonds is 5. The van der Waals surface area contributed by atoms with Crippen LogP contribution in [0.25, 0.3) is 0 Å². The van der Waals surface area contributed by atoms with Crippen LogP contribution in [0.4, 0.5) is 5.82 Å². The van der Waals surface area contributed by atoms with Gasteiger partial charge >= 0.3 is 5.97 Å². The molecule has 1 aromatic rings. The molecule has 1 aromatic heterocycles. The number of hydrogen-bond donors (Lipinski definition) is 1. The molecular formula is C12H15ClN2O3S. The maximum atomic E-state index is 10.5. The van der Waals surface area contributed by atoms with Crippen molar-refractivity contribution >= 4 is 35.1 Å². The molecule has 19 heavy (non-hydrogen) atoms. The first-order valence-electron chi connectivity index (χ1n) is 6.00. The summed E-state index contributed by atoms with van der Waals surface area (Å²) in [5.41, 5.74) is 0. The lowest BCUT2D eigenvalue weighted by Crippen LogP contribution is -2.37. The molecule has 0 unspecified atom stereocenters. The Balaban J connectivity index is 2.06. The van der Waals surface area contributed by atoms with Gasteiger partial charge in [-0.25, -0.2) is 4.98 Å². The molecule has 2 rings (SSSR count). The van der Waals surface area contributed by atoms with Crippen LogP contribution in [0.3, 0.4) is 0 Å². The molecule has 0 amide bonds. The van der Waals surface area contributed by atoms with Crippen LogP contribution in [-0.2, 0) is 9.53 Å². The van der Waals surface area contributed by atoms with E-state index in [1.165, 1.54) is 11.8 Å². The summed E-state index contributed by atoms with van der Waals surface area (Å²) in [7, 11) is 0. The third-order valence-corrected chi connectivity index (χ3v) is 4.26. The summed E-state index contributed by atoms with van der Waals surface area (Å²) in [6, 6.07) is 1.82. The van der Waals surface area contributed by atoms with Crippen molar-refractivity contribution in [3.05, 3.63) is 17.3 Å². The number of morpholine rings is 1. The van der Waals surface area contributed by atoms with Gasteiger partial charge in [0.25, 0.3) is 0 Å². The van der Waals surface area contributed by atoms with Crippen LogP contribution in [0.15, 0.2) is 17.2 Å². The van der Waals surface area contributed by atoms with Gasteiger partial charge in [-0.1, -0.05) is 11.6 Å². The topological polar surface area (TPSA) is 62.7 Å². The van der Waals surface area contributed by atoms with Crippen molar-refractivity contribution in [3.63, 3.8) is 0 Å². The second kappa shape index (κ2) is 6.98. The Kier molecular flexibility index (Phi) is 5.30. The molecule has 5 nitrogen and oxygen atoms in total. The number of nitrogens with zero attached hydrogens (tertiary/aromatic N) is 2. The maximum Gasteiger partial charge on any atom is 0.304 e. The largest absolute Gasteiger partial charge is 0.481 e. The van der Waals surface area contributed by atoms with Gasteiger partial charge in [0.2, 0.25) is 0 Å². The second-order valence-corrected chi connectivity index (χ2v) is 5.55. The van der Waals surface area contributed by atoms with Crippen LogP contribution in [0, 0.1) is 0 Å². The van der Waals surface area contributed by atoms with Crippen molar-refractivity contribution in [1.82, 2.24) is 4.98 Å². The number of ether oxygens (including phenoxy) is 1. The Morgan fingerprint density at radius 3 is 2.95 bits per heavy atom. The molecule has 0 aromatic carbocycles. The Labute approximate surface area is 120 Å². The summed E-state index contributed by atoms with van der Waals surface area (Å²) in [6.07, 6.45) is 1.83. The summed E-state index contributed by atoms with van der Waals surface area (Å²) in [4.78, 5) is 17.8. The number of anilines is 1. The Morgan fingerprint density at radius 1 is 1.53 bits per heavy atom. The van der Waals surface area contributed by atoms with Crippen LogP contribution in [0.2, 0.25) is 5.02 Å². The van der Waals surface area contributed by atoms with Crippen LogP contribution >= 0.6 is 23.4 Å². The lowest BCUT2D eigenvalue weighted by molar-refractivity contribution is -0.136. The number of aliphatic carboxylic acids is 1. The van der Waals surface area contributed by atoms with Gasteiger partial charge in [0.15, 0.2) is 0 Å². The van der Waals surface area contributed by atoms with E-state index in [-0.39, 0.29) is 6.42 Å². The highest BCUT2D eigenvalue weighted by Gasteiger charge is 2.17. The van der Waals surface area contributed by atoms with E-state index < -0.39 is 5.97 Å². The number of halogens is 1. The molecule has 1 fully saturated rings. The predicted molar refractivity (Wildman–Crippen MR) is 75.3 cm³/mol. The SMILES string of the molecule is O=C(O)CCSc1ccnc(N2CCOCC2)c1Cl. The average molecular weight is 303 g/mol. The van der Waals surface area contributed by atoms with Gasteiger partial charge in [-0.15, -0.1) is 11.8 Å². The molecule has 1 aliphatic heterocycles. The zero-order valence-corrected chi connectivity index (χ0v) is 11.9. The van der Waals surface area contributed by atoms with E-state index in [2.05, 4.69) is 9.88 Å². The van der Waals surface area contributed by atoms with Crippen LogP contribution in [0.5, 0.6) is 0 Å². The molecule has 0 bridgehead atoms. The molecular weight excluding hydrogens is 288 g/mol. The third kappa shape index (κ3) is 3.99. The summed E-state index contributed by atoms with van der Waals surface area (Å²) >= 11 is 7.79. The number of pyridine rings is 1. The highest BCUT2D eigenvalue weighted by atomic mass is 35.5. The van der Waals surface area contributed by atoms with Crippen molar-refractivity contribution in [2.45, 2.75) is 11.3 Å². The molecule has 0 radical (unpaired) electrons. The quantitative estimate of drug-likeness (QED) is 0.841. The number of carbonyl (C=O) groups is 1. The Hall–Kier alpha value is -0.980. The smallest absolute Gasteiger partial charge is 0.304 e. The number of hydrogen-bond acceptors (Lipinski definition) is 5. The lowest BCUT2D eigenvalue weighted by atomic mass is 10.3. The number of carboxylic acid groups (broad SMARTS) is 1. The van der Waals surface area contributed by atoms with Crippen molar-refractivity contribution in [1.29, 1.82) is 0 Å². The van der Waals surface area contributed by atoms with E-state index in [4.69, 9.17) is 21.4 Å². The minimum absolute atomic E-state index is 0.121. The highest BCUT2D eigenvalue weighted by Crippen LogP contribution is 2.34. The first-order chi connectivity index (χ1) is 9.18. The van der Waals surface area contributed by atoms with Gasteiger partial charge in [0.05, 0.1) is 24.7 Å². The molecule has 1 aliphatic rings. The van der Waals surface area contributed by atoms with Crippen molar-refractivity contribution in [2.24, 2.45) is 0 Å². The monoisotopic (exact) mass is 302 g/mol. The van der Waals surface area contributed by atoms with Crippen molar-refractivity contribution in [3.8, 4) is 0 Å². The molecule has 2 heterocycles. The van der Waals surface area contributed by atoms with Gasteiger partial charge in [0, 0.05) is 29.9 Å². The normalized spacial score (nSPS) is 15.5. The van der Waals surface area contributed by atoms with Crippen LogP contribution in [-0.4, -0.2) is 48.1 Å². The number of carboxylic acids is 1. The zero-order chi connectivity index (χ0) is 13.7. The first-order valence-corrected chi connectivity index (χ1v) is 7.36. The van der Waals surface area contributed by atoms with Gasteiger partial charge in [-0.3, -0.25) is 4.79 Å². The van der Waals surface area contributed by atoms with E-state index in [9.17, 15) is 4.79 Å².